The predicted molar refractivity (Wildman–Crippen MR) is 84.5 cm³/mol. The molecule has 2 heterocycles. The first kappa shape index (κ1) is 16.0. The molecule has 1 aromatic heterocycles. The van der Waals surface area contributed by atoms with E-state index in [0.717, 1.165) is 12.8 Å². The van der Waals surface area contributed by atoms with E-state index in [0.29, 0.717) is 30.8 Å². The van der Waals surface area contributed by atoms with E-state index in [-0.39, 0.29) is 17.6 Å². The number of hydrogen-bond acceptors (Lipinski definition) is 4. The Morgan fingerprint density at radius 2 is 1.96 bits per heavy atom. The van der Waals surface area contributed by atoms with Crippen LogP contribution in [0.1, 0.15) is 62.5 Å². The molecule has 126 valence electrons. The highest BCUT2D eigenvalue weighted by molar-refractivity contribution is 5.90. The zero-order chi connectivity index (χ0) is 16.6. The van der Waals surface area contributed by atoms with Gasteiger partial charge in [-0.1, -0.05) is 19.1 Å². The van der Waals surface area contributed by atoms with Crippen LogP contribution in [0.2, 0.25) is 0 Å². The Balaban J connectivity index is 1.45. The van der Waals surface area contributed by atoms with E-state index in [1.807, 2.05) is 4.90 Å². The molecule has 7 nitrogen and oxygen atoms in total. The Bertz CT molecular complexity index is 593. The maximum Gasteiger partial charge on any atom is 0.270 e. The monoisotopic (exact) mass is 319 g/mol. The Labute approximate surface area is 136 Å². The largest absolute Gasteiger partial charge is 0.364 e. The maximum absolute atomic E-state index is 12.4. The number of rotatable bonds is 4. The Kier molecular flexibility index (Phi) is 4.12. The van der Waals surface area contributed by atoms with Gasteiger partial charge in [0.05, 0.1) is 12.2 Å². The lowest BCUT2D eigenvalue weighted by Crippen LogP contribution is -2.51. The molecule has 1 aromatic rings. The second-order valence-electron chi connectivity index (χ2n) is 7.71. The van der Waals surface area contributed by atoms with Crippen LogP contribution in [0.5, 0.6) is 0 Å². The van der Waals surface area contributed by atoms with Crippen molar-refractivity contribution < 1.29 is 9.59 Å². The van der Waals surface area contributed by atoms with Gasteiger partial charge in [0, 0.05) is 19.5 Å². The van der Waals surface area contributed by atoms with Gasteiger partial charge in [0.1, 0.15) is 0 Å². The number of likely N-dealkylation sites (tertiary alicyclic amines) is 1. The molecule has 1 aliphatic heterocycles. The lowest BCUT2D eigenvalue weighted by atomic mass is 9.72. The molecule has 3 rings (SSSR count). The molecule has 0 spiro atoms. The van der Waals surface area contributed by atoms with Gasteiger partial charge in [-0.15, -0.1) is 5.10 Å². The fourth-order valence-electron chi connectivity index (χ4n) is 3.43. The molecule has 2 N–H and O–H groups in total. The van der Waals surface area contributed by atoms with E-state index in [2.05, 4.69) is 24.2 Å². The van der Waals surface area contributed by atoms with E-state index < -0.39 is 5.91 Å². The maximum atomic E-state index is 12.4. The summed E-state index contributed by atoms with van der Waals surface area (Å²) in [5, 5.41) is 7.64. The third-order valence-corrected chi connectivity index (χ3v) is 5.27. The van der Waals surface area contributed by atoms with Gasteiger partial charge in [-0.3, -0.25) is 9.59 Å². The van der Waals surface area contributed by atoms with E-state index >= 15 is 0 Å². The Morgan fingerprint density at radius 1 is 1.30 bits per heavy atom. The topological polar surface area (TPSA) is 94.1 Å². The number of amides is 2. The summed E-state index contributed by atoms with van der Waals surface area (Å²) in [6, 6.07) is 0.102. The number of hydrogen-bond donors (Lipinski definition) is 1. The molecule has 2 aliphatic rings. The molecule has 1 aliphatic carbocycles. The minimum Gasteiger partial charge on any atom is -0.364 e. The normalized spacial score (nSPS) is 21.9. The van der Waals surface area contributed by atoms with Crippen molar-refractivity contribution in [2.24, 2.45) is 17.1 Å². The summed E-state index contributed by atoms with van der Waals surface area (Å²) in [6.07, 6.45) is 6.94. The summed E-state index contributed by atoms with van der Waals surface area (Å²) in [7, 11) is 0. The van der Waals surface area contributed by atoms with Crippen molar-refractivity contribution in [3.63, 3.8) is 0 Å². The highest BCUT2D eigenvalue weighted by Crippen LogP contribution is 2.39. The number of carbonyl (C=O) groups excluding carboxylic acids is 2. The first-order chi connectivity index (χ1) is 10.8. The molecule has 2 fully saturated rings. The number of nitrogens with two attached hydrogens (primary N) is 1. The average molecular weight is 319 g/mol. The average Bonchev–Trinajstić information content (AvgIpc) is 2.89. The van der Waals surface area contributed by atoms with Crippen LogP contribution >= 0.6 is 0 Å². The molecule has 0 atom stereocenters. The summed E-state index contributed by atoms with van der Waals surface area (Å²) in [5.41, 5.74) is 5.77. The molecule has 1 saturated carbocycles. The molecular weight excluding hydrogens is 294 g/mol. The summed E-state index contributed by atoms with van der Waals surface area (Å²) in [5.74, 6) is 0.187. The third-order valence-electron chi connectivity index (χ3n) is 5.27. The summed E-state index contributed by atoms with van der Waals surface area (Å²) in [4.78, 5) is 25.2. The molecular formula is C16H25N5O2. The smallest absolute Gasteiger partial charge is 0.270 e. The van der Waals surface area contributed by atoms with Crippen molar-refractivity contribution in [3.8, 4) is 0 Å². The van der Waals surface area contributed by atoms with Crippen molar-refractivity contribution in [2.75, 3.05) is 13.1 Å². The molecule has 0 bridgehead atoms. The van der Waals surface area contributed by atoms with Crippen molar-refractivity contribution >= 4 is 11.8 Å². The number of aromatic nitrogens is 3. The number of nitrogens with zero attached hydrogens (tertiary/aromatic N) is 4. The van der Waals surface area contributed by atoms with E-state index in [1.54, 1.807) is 10.9 Å². The molecule has 1 saturated heterocycles. The lowest BCUT2D eigenvalue weighted by Gasteiger charge is -2.40. The number of carbonyl (C=O) groups is 2. The van der Waals surface area contributed by atoms with Crippen LogP contribution in [-0.4, -0.2) is 44.8 Å². The standard InChI is InChI=1S/C16H25N5O2/c1-16(2)5-3-11(4-6-16)7-14(22)20-8-12(9-20)21-10-13(15(17)23)18-19-21/h10-12H,3-9H2,1-2H3,(H2,17,23). The molecule has 2 amide bonds. The van der Waals surface area contributed by atoms with Gasteiger partial charge in [-0.05, 0) is 37.0 Å². The minimum atomic E-state index is -0.580. The molecule has 0 unspecified atom stereocenters. The fourth-order valence-corrected chi connectivity index (χ4v) is 3.43. The van der Waals surface area contributed by atoms with Crippen molar-refractivity contribution in [2.45, 2.75) is 52.0 Å². The summed E-state index contributed by atoms with van der Waals surface area (Å²) in [6.45, 7) is 5.89. The van der Waals surface area contributed by atoms with Gasteiger partial charge >= 0.3 is 0 Å². The summed E-state index contributed by atoms with van der Waals surface area (Å²) >= 11 is 0. The first-order valence-corrected chi connectivity index (χ1v) is 8.33. The van der Waals surface area contributed by atoms with Crippen LogP contribution in [0.15, 0.2) is 6.20 Å². The fraction of sp³-hybridized carbons (Fsp3) is 0.750. The van der Waals surface area contributed by atoms with Gasteiger partial charge in [0.25, 0.3) is 5.91 Å². The highest BCUT2D eigenvalue weighted by atomic mass is 16.2. The second kappa shape index (κ2) is 5.94. The Hall–Kier alpha value is -1.92. The molecule has 0 aromatic carbocycles. The van der Waals surface area contributed by atoms with Crippen LogP contribution < -0.4 is 5.73 Å². The highest BCUT2D eigenvalue weighted by Gasteiger charge is 2.35. The van der Waals surface area contributed by atoms with E-state index in [1.165, 1.54) is 12.8 Å². The first-order valence-electron chi connectivity index (χ1n) is 8.33. The second-order valence-corrected chi connectivity index (χ2v) is 7.71. The van der Waals surface area contributed by atoms with Crippen molar-refractivity contribution in [1.29, 1.82) is 0 Å². The SMILES string of the molecule is CC1(C)CCC(CC(=O)N2CC(n3cc(C(N)=O)nn3)C2)CC1. The van der Waals surface area contributed by atoms with Gasteiger partial charge in [0.15, 0.2) is 5.69 Å². The van der Waals surface area contributed by atoms with E-state index in [4.69, 9.17) is 5.73 Å². The Morgan fingerprint density at radius 3 is 2.52 bits per heavy atom. The number of primary amides is 1. The van der Waals surface area contributed by atoms with Crippen molar-refractivity contribution in [1.82, 2.24) is 19.9 Å². The van der Waals surface area contributed by atoms with Gasteiger partial charge in [-0.2, -0.15) is 0 Å². The van der Waals surface area contributed by atoms with Gasteiger partial charge in [-0.25, -0.2) is 4.68 Å². The van der Waals surface area contributed by atoms with Gasteiger partial charge in [0.2, 0.25) is 5.91 Å². The minimum absolute atomic E-state index is 0.102. The summed E-state index contributed by atoms with van der Waals surface area (Å²) < 4.78 is 1.63. The molecule has 23 heavy (non-hydrogen) atoms. The van der Waals surface area contributed by atoms with Crippen molar-refractivity contribution in [3.05, 3.63) is 11.9 Å². The lowest BCUT2D eigenvalue weighted by molar-refractivity contribution is -0.138. The molecule has 7 heteroatoms. The van der Waals surface area contributed by atoms with Crippen LogP contribution in [0.3, 0.4) is 0 Å². The van der Waals surface area contributed by atoms with Crippen LogP contribution in [0.4, 0.5) is 0 Å². The van der Waals surface area contributed by atoms with E-state index in [9.17, 15) is 9.59 Å². The van der Waals surface area contributed by atoms with Gasteiger partial charge < -0.3 is 10.6 Å². The zero-order valence-electron chi connectivity index (χ0n) is 13.9. The molecule has 0 radical (unpaired) electrons. The zero-order valence-corrected chi connectivity index (χ0v) is 13.9. The van der Waals surface area contributed by atoms with Crippen LogP contribution in [-0.2, 0) is 4.79 Å². The van der Waals surface area contributed by atoms with Crippen LogP contribution in [0, 0.1) is 11.3 Å². The van der Waals surface area contributed by atoms with Crippen LogP contribution in [0.25, 0.3) is 0 Å². The third kappa shape index (κ3) is 3.54. The quantitative estimate of drug-likeness (QED) is 0.906. The predicted octanol–water partition coefficient (Wildman–Crippen LogP) is 1.37.